The van der Waals surface area contributed by atoms with E-state index in [2.05, 4.69) is 27.0 Å². The number of amides is 1. The Bertz CT molecular complexity index is 827. The van der Waals surface area contributed by atoms with E-state index in [0.29, 0.717) is 18.7 Å². The first kappa shape index (κ1) is 18.9. The number of pyridine rings is 2. The third-order valence-electron chi connectivity index (χ3n) is 6.08. The van der Waals surface area contributed by atoms with Crippen molar-refractivity contribution < 1.29 is 9.90 Å². The highest BCUT2D eigenvalue weighted by atomic mass is 16.3. The number of aliphatic hydroxyl groups is 1. The Morgan fingerprint density at radius 3 is 2.57 bits per heavy atom. The monoisotopic (exact) mass is 380 g/mol. The largest absolute Gasteiger partial charge is 0.391 e. The number of aliphatic hydroxyl groups excluding tert-OH is 1. The van der Waals surface area contributed by atoms with E-state index in [0.717, 1.165) is 43.7 Å². The topological polar surface area (TPSA) is 69.6 Å². The van der Waals surface area contributed by atoms with Crippen LogP contribution >= 0.6 is 0 Å². The molecule has 0 bridgehead atoms. The molecular weight excluding hydrogens is 352 g/mol. The van der Waals surface area contributed by atoms with Gasteiger partial charge >= 0.3 is 0 Å². The maximum absolute atomic E-state index is 12.9. The summed E-state index contributed by atoms with van der Waals surface area (Å²) >= 11 is 0. The second-order valence-electron chi connectivity index (χ2n) is 8.38. The quantitative estimate of drug-likeness (QED) is 0.867. The highest BCUT2D eigenvalue weighted by Gasteiger charge is 2.43. The molecule has 6 heteroatoms. The molecule has 1 atom stereocenters. The molecule has 148 valence electrons. The molecular formula is C22H28N4O2. The first-order valence-corrected chi connectivity index (χ1v) is 10.0. The van der Waals surface area contributed by atoms with E-state index >= 15 is 0 Å². The lowest BCUT2D eigenvalue weighted by Crippen LogP contribution is -2.55. The van der Waals surface area contributed by atoms with Crippen LogP contribution in [0.15, 0.2) is 36.7 Å². The zero-order valence-electron chi connectivity index (χ0n) is 16.6. The van der Waals surface area contributed by atoms with Crippen molar-refractivity contribution in [3.63, 3.8) is 0 Å². The number of hydrogen-bond acceptors (Lipinski definition) is 5. The number of hydrogen-bond donors (Lipinski definition) is 1. The highest BCUT2D eigenvalue weighted by molar-refractivity contribution is 5.94. The van der Waals surface area contributed by atoms with Crippen LogP contribution in [-0.2, 0) is 0 Å². The number of anilines is 1. The van der Waals surface area contributed by atoms with Gasteiger partial charge in [0.05, 0.1) is 11.7 Å². The number of likely N-dealkylation sites (tertiary alicyclic amines) is 1. The number of β-amino-alcohol motifs (C(OH)–C–C–N with tert-alkyl or cyclic N) is 1. The van der Waals surface area contributed by atoms with Crippen molar-refractivity contribution in [1.82, 2.24) is 14.9 Å². The summed E-state index contributed by atoms with van der Waals surface area (Å²) < 4.78 is 0. The molecule has 2 aromatic heterocycles. The van der Waals surface area contributed by atoms with Gasteiger partial charge in [0.1, 0.15) is 0 Å². The van der Waals surface area contributed by atoms with E-state index in [1.165, 1.54) is 5.69 Å². The lowest BCUT2D eigenvalue weighted by molar-refractivity contribution is -0.0150. The summed E-state index contributed by atoms with van der Waals surface area (Å²) in [5.74, 6) is -0.0333. The first-order chi connectivity index (χ1) is 13.4. The van der Waals surface area contributed by atoms with Gasteiger partial charge in [-0.1, -0.05) is 0 Å². The van der Waals surface area contributed by atoms with Crippen molar-refractivity contribution in [3.8, 4) is 0 Å². The summed E-state index contributed by atoms with van der Waals surface area (Å²) in [6.45, 7) is 7.04. The number of carbonyl (C=O) groups excluding carboxylic acids is 1. The molecule has 2 fully saturated rings. The summed E-state index contributed by atoms with van der Waals surface area (Å²) in [5, 5.41) is 10.5. The molecule has 6 nitrogen and oxygen atoms in total. The van der Waals surface area contributed by atoms with Crippen molar-refractivity contribution >= 4 is 11.6 Å². The molecule has 0 aliphatic carbocycles. The number of aromatic nitrogens is 2. The normalized spacial score (nSPS) is 21.8. The Morgan fingerprint density at radius 1 is 1.21 bits per heavy atom. The van der Waals surface area contributed by atoms with E-state index in [-0.39, 0.29) is 11.3 Å². The average Bonchev–Trinajstić information content (AvgIpc) is 2.67. The Hall–Kier alpha value is -2.47. The maximum atomic E-state index is 12.9. The Balaban J connectivity index is 1.47. The maximum Gasteiger partial charge on any atom is 0.255 e. The molecule has 28 heavy (non-hydrogen) atoms. The van der Waals surface area contributed by atoms with Gasteiger partial charge in [-0.15, -0.1) is 0 Å². The molecule has 1 unspecified atom stereocenters. The predicted molar refractivity (Wildman–Crippen MR) is 108 cm³/mol. The zero-order chi connectivity index (χ0) is 19.7. The molecule has 2 aliphatic rings. The lowest BCUT2D eigenvalue weighted by Gasteiger charge is -2.49. The molecule has 0 saturated carbocycles. The van der Waals surface area contributed by atoms with Crippen LogP contribution in [0.25, 0.3) is 0 Å². The fraction of sp³-hybridized carbons (Fsp3) is 0.500. The van der Waals surface area contributed by atoms with E-state index in [1.807, 2.05) is 18.7 Å². The smallest absolute Gasteiger partial charge is 0.255 e. The molecule has 4 rings (SSSR count). The van der Waals surface area contributed by atoms with Gasteiger partial charge in [0.2, 0.25) is 0 Å². The summed E-state index contributed by atoms with van der Waals surface area (Å²) in [6.07, 6.45) is 5.52. The Labute approximate surface area is 166 Å². The SMILES string of the molecule is Cc1cc(N2CCC3(CC2)CC(O)CN(C(=O)c2cccnc2)C3)cc(C)n1. The van der Waals surface area contributed by atoms with Crippen LogP contribution in [0.2, 0.25) is 0 Å². The summed E-state index contributed by atoms with van der Waals surface area (Å²) in [5.41, 5.74) is 3.88. The van der Waals surface area contributed by atoms with Gasteiger partial charge in [-0.05, 0) is 62.8 Å². The fourth-order valence-corrected chi connectivity index (χ4v) is 4.78. The van der Waals surface area contributed by atoms with Crippen molar-refractivity contribution in [1.29, 1.82) is 0 Å². The van der Waals surface area contributed by atoms with Crippen molar-refractivity contribution in [2.75, 3.05) is 31.1 Å². The molecule has 0 radical (unpaired) electrons. The van der Waals surface area contributed by atoms with Gasteiger partial charge in [-0.25, -0.2) is 0 Å². The third-order valence-corrected chi connectivity index (χ3v) is 6.08. The van der Waals surface area contributed by atoms with Crippen LogP contribution in [0.1, 0.15) is 41.0 Å². The van der Waals surface area contributed by atoms with Crippen LogP contribution in [-0.4, -0.2) is 58.2 Å². The van der Waals surface area contributed by atoms with Gasteiger partial charge in [0.25, 0.3) is 5.91 Å². The molecule has 1 spiro atoms. The van der Waals surface area contributed by atoms with Crippen molar-refractivity contribution in [2.24, 2.45) is 5.41 Å². The van der Waals surface area contributed by atoms with E-state index in [4.69, 9.17) is 0 Å². The van der Waals surface area contributed by atoms with Gasteiger partial charge < -0.3 is 14.9 Å². The minimum Gasteiger partial charge on any atom is -0.391 e. The first-order valence-electron chi connectivity index (χ1n) is 10.0. The van der Waals surface area contributed by atoms with Crippen LogP contribution in [0.3, 0.4) is 0 Å². The fourth-order valence-electron chi connectivity index (χ4n) is 4.78. The number of carbonyl (C=O) groups is 1. The van der Waals surface area contributed by atoms with Crippen molar-refractivity contribution in [3.05, 3.63) is 53.6 Å². The van der Waals surface area contributed by atoms with Crippen LogP contribution in [0.4, 0.5) is 5.69 Å². The van der Waals surface area contributed by atoms with E-state index < -0.39 is 6.10 Å². The van der Waals surface area contributed by atoms with Gasteiger partial charge in [0.15, 0.2) is 0 Å². The summed E-state index contributed by atoms with van der Waals surface area (Å²) in [6, 6.07) is 7.85. The minimum absolute atomic E-state index is 0.0108. The van der Waals surface area contributed by atoms with E-state index in [1.54, 1.807) is 24.5 Å². The lowest BCUT2D eigenvalue weighted by atomic mass is 9.71. The third kappa shape index (κ3) is 3.87. The summed E-state index contributed by atoms with van der Waals surface area (Å²) in [7, 11) is 0. The molecule has 0 aromatic carbocycles. The zero-order valence-corrected chi connectivity index (χ0v) is 16.6. The number of piperidine rings is 2. The predicted octanol–water partition coefficient (Wildman–Crippen LogP) is 2.59. The van der Waals surface area contributed by atoms with Crippen LogP contribution in [0, 0.1) is 19.3 Å². The molecule has 1 amide bonds. The van der Waals surface area contributed by atoms with E-state index in [9.17, 15) is 9.90 Å². The molecule has 1 N–H and O–H groups in total. The van der Waals surface area contributed by atoms with Crippen LogP contribution < -0.4 is 4.90 Å². The van der Waals surface area contributed by atoms with Crippen molar-refractivity contribution in [2.45, 2.75) is 39.2 Å². The van der Waals surface area contributed by atoms with Gasteiger partial charge in [-0.2, -0.15) is 0 Å². The number of aryl methyl sites for hydroxylation is 2. The molecule has 2 aromatic rings. The molecule has 4 heterocycles. The standard InChI is InChI=1S/C22H28N4O2/c1-16-10-19(11-17(2)24-16)25-8-5-22(6-9-25)12-20(27)14-26(15-22)21(28)18-4-3-7-23-13-18/h3-4,7,10-11,13,20,27H,5-6,8-9,12,14-15H2,1-2H3. The Morgan fingerprint density at radius 2 is 1.93 bits per heavy atom. The Kier molecular flexibility index (Phi) is 5.06. The second-order valence-corrected chi connectivity index (χ2v) is 8.38. The highest BCUT2D eigenvalue weighted by Crippen LogP contribution is 2.41. The number of rotatable bonds is 2. The average molecular weight is 380 g/mol. The number of nitrogens with zero attached hydrogens (tertiary/aromatic N) is 4. The summed E-state index contributed by atoms with van der Waals surface area (Å²) in [4.78, 5) is 25.6. The molecule has 2 aliphatic heterocycles. The minimum atomic E-state index is -0.466. The van der Waals surface area contributed by atoms with Crippen LogP contribution in [0.5, 0.6) is 0 Å². The van der Waals surface area contributed by atoms with Gasteiger partial charge in [-0.3, -0.25) is 14.8 Å². The molecule has 2 saturated heterocycles. The van der Waals surface area contributed by atoms with Gasteiger partial charge in [0, 0.05) is 55.6 Å². The second kappa shape index (κ2) is 7.51.